The van der Waals surface area contributed by atoms with Gasteiger partial charge in [0.1, 0.15) is 5.82 Å². The molecule has 7 nitrogen and oxygen atoms in total. The first-order chi connectivity index (χ1) is 16.1. The predicted molar refractivity (Wildman–Crippen MR) is 133 cm³/mol. The van der Waals surface area contributed by atoms with Gasteiger partial charge in [0.15, 0.2) is 0 Å². The van der Waals surface area contributed by atoms with Crippen LogP contribution in [0, 0.1) is 0 Å². The second-order valence-corrected chi connectivity index (χ2v) is 8.76. The second kappa shape index (κ2) is 9.03. The summed E-state index contributed by atoms with van der Waals surface area (Å²) >= 11 is 0. The Kier molecular flexibility index (Phi) is 5.79. The molecule has 0 unspecified atom stereocenters. The number of rotatable bonds is 6. The normalized spacial score (nSPS) is 13.1. The minimum absolute atomic E-state index is 0.394. The molecule has 0 atom stereocenters. The van der Waals surface area contributed by atoms with Gasteiger partial charge in [-0.1, -0.05) is 38.1 Å². The lowest BCUT2D eigenvalue weighted by Gasteiger charge is -2.19. The summed E-state index contributed by atoms with van der Waals surface area (Å²) in [6.07, 6.45) is 6.73. The highest BCUT2D eigenvalue weighted by atomic mass is 15.2. The number of aryl methyl sites for hydroxylation is 1. The first kappa shape index (κ1) is 21.2. The van der Waals surface area contributed by atoms with Crippen LogP contribution in [0.2, 0.25) is 0 Å². The maximum absolute atomic E-state index is 4.88. The SMILES string of the molecule is CC(C)c1ccccc1Nc1ncc(-c2cnn(C)c2)c(Nc2ccc3c(c2)CNCC3)n1. The third-order valence-corrected chi connectivity index (χ3v) is 5.99. The van der Waals surface area contributed by atoms with Crippen molar-refractivity contribution in [2.24, 2.45) is 7.05 Å². The van der Waals surface area contributed by atoms with Gasteiger partial charge in [0.05, 0.1) is 6.20 Å². The zero-order valence-electron chi connectivity index (χ0n) is 19.3. The molecule has 0 spiro atoms. The Labute approximate surface area is 194 Å². The first-order valence-electron chi connectivity index (χ1n) is 11.4. The Morgan fingerprint density at radius 1 is 1.03 bits per heavy atom. The molecule has 5 rings (SSSR count). The molecule has 0 bridgehead atoms. The molecule has 0 radical (unpaired) electrons. The maximum atomic E-state index is 4.88. The van der Waals surface area contributed by atoms with Crippen LogP contribution in [0.5, 0.6) is 0 Å². The quantitative estimate of drug-likeness (QED) is 0.386. The number of anilines is 4. The predicted octanol–water partition coefficient (Wildman–Crippen LogP) is 5.13. The molecule has 3 heterocycles. The summed E-state index contributed by atoms with van der Waals surface area (Å²) in [4.78, 5) is 9.50. The standard InChI is InChI=1S/C26H29N7/c1-17(2)22-6-4-5-7-24(22)31-26-28-15-23(20-14-29-33(3)16-20)25(32-26)30-21-9-8-18-10-11-27-13-19(18)12-21/h4-9,12,14-17,27H,10-11,13H2,1-3H3,(H2,28,30,31,32). The van der Waals surface area contributed by atoms with Crippen molar-refractivity contribution in [3.05, 3.63) is 77.7 Å². The van der Waals surface area contributed by atoms with Crippen molar-refractivity contribution >= 4 is 23.1 Å². The molecule has 0 saturated heterocycles. The summed E-state index contributed by atoms with van der Waals surface area (Å²) < 4.78 is 1.79. The van der Waals surface area contributed by atoms with Crippen molar-refractivity contribution in [3.8, 4) is 11.1 Å². The van der Waals surface area contributed by atoms with E-state index in [1.165, 1.54) is 16.7 Å². The topological polar surface area (TPSA) is 79.7 Å². The maximum Gasteiger partial charge on any atom is 0.229 e. The minimum Gasteiger partial charge on any atom is -0.340 e. The minimum atomic E-state index is 0.394. The number of benzene rings is 2. The number of nitrogens with zero attached hydrogens (tertiary/aromatic N) is 4. The Hall–Kier alpha value is -3.71. The van der Waals surface area contributed by atoms with Crippen LogP contribution in [-0.2, 0) is 20.0 Å². The molecule has 4 aromatic rings. The van der Waals surface area contributed by atoms with Crippen molar-refractivity contribution in [3.63, 3.8) is 0 Å². The monoisotopic (exact) mass is 439 g/mol. The number of fused-ring (bicyclic) bond motifs is 1. The lowest BCUT2D eigenvalue weighted by Crippen LogP contribution is -2.23. The molecule has 0 aliphatic carbocycles. The molecule has 0 saturated carbocycles. The number of para-hydroxylation sites is 1. The zero-order valence-corrected chi connectivity index (χ0v) is 19.3. The molecule has 3 N–H and O–H groups in total. The van der Waals surface area contributed by atoms with Gasteiger partial charge in [-0.3, -0.25) is 4.68 Å². The largest absolute Gasteiger partial charge is 0.340 e. The van der Waals surface area contributed by atoms with Gasteiger partial charge in [-0.05, 0) is 53.8 Å². The molecule has 2 aromatic heterocycles. The Morgan fingerprint density at radius 3 is 2.73 bits per heavy atom. The zero-order chi connectivity index (χ0) is 22.8. The third-order valence-electron chi connectivity index (χ3n) is 5.99. The molecule has 7 heteroatoms. The van der Waals surface area contributed by atoms with Crippen LogP contribution >= 0.6 is 0 Å². The van der Waals surface area contributed by atoms with Gasteiger partial charge in [0, 0.05) is 48.5 Å². The van der Waals surface area contributed by atoms with E-state index in [2.05, 4.69) is 76.3 Å². The summed E-state index contributed by atoms with van der Waals surface area (Å²) in [5.74, 6) is 1.69. The van der Waals surface area contributed by atoms with Crippen LogP contribution in [-0.4, -0.2) is 26.3 Å². The molecule has 1 aliphatic rings. The molecular formula is C26H29N7. The van der Waals surface area contributed by atoms with E-state index in [4.69, 9.17) is 4.98 Å². The van der Waals surface area contributed by atoms with E-state index in [1.54, 1.807) is 4.68 Å². The summed E-state index contributed by atoms with van der Waals surface area (Å²) in [6.45, 7) is 6.29. The van der Waals surface area contributed by atoms with Gasteiger partial charge in [-0.25, -0.2) is 4.98 Å². The summed E-state index contributed by atoms with van der Waals surface area (Å²) in [5, 5.41) is 14.7. The van der Waals surface area contributed by atoms with E-state index in [1.807, 2.05) is 31.7 Å². The molecule has 168 valence electrons. The van der Waals surface area contributed by atoms with Crippen molar-refractivity contribution in [1.82, 2.24) is 25.1 Å². The van der Waals surface area contributed by atoms with Crippen LogP contribution in [0.25, 0.3) is 11.1 Å². The lowest BCUT2D eigenvalue weighted by molar-refractivity contribution is 0.644. The second-order valence-electron chi connectivity index (χ2n) is 8.76. The van der Waals surface area contributed by atoms with Crippen LogP contribution in [0.15, 0.2) is 61.1 Å². The first-order valence-corrected chi connectivity index (χ1v) is 11.4. The van der Waals surface area contributed by atoms with E-state index >= 15 is 0 Å². The van der Waals surface area contributed by atoms with E-state index in [9.17, 15) is 0 Å². The number of aromatic nitrogens is 4. The lowest BCUT2D eigenvalue weighted by atomic mass is 10.0. The van der Waals surface area contributed by atoms with E-state index in [0.717, 1.165) is 47.8 Å². The average molecular weight is 440 g/mol. The van der Waals surface area contributed by atoms with Crippen LogP contribution in [0.1, 0.15) is 36.5 Å². The van der Waals surface area contributed by atoms with Crippen molar-refractivity contribution < 1.29 is 0 Å². The number of nitrogens with one attached hydrogen (secondary N) is 3. The van der Waals surface area contributed by atoms with Crippen LogP contribution in [0.3, 0.4) is 0 Å². The highest BCUT2D eigenvalue weighted by Crippen LogP contribution is 2.32. The van der Waals surface area contributed by atoms with Gasteiger partial charge >= 0.3 is 0 Å². The molecule has 2 aromatic carbocycles. The van der Waals surface area contributed by atoms with Crippen LogP contribution < -0.4 is 16.0 Å². The molecule has 0 amide bonds. The number of hydrogen-bond acceptors (Lipinski definition) is 6. The average Bonchev–Trinajstić information content (AvgIpc) is 3.25. The van der Waals surface area contributed by atoms with Gasteiger partial charge in [-0.2, -0.15) is 10.1 Å². The summed E-state index contributed by atoms with van der Waals surface area (Å²) in [6, 6.07) is 14.8. The number of hydrogen-bond donors (Lipinski definition) is 3. The van der Waals surface area contributed by atoms with E-state index in [0.29, 0.717) is 11.9 Å². The molecular weight excluding hydrogens is 410 g/mol. The summed E-state index contributed by atoms with van der Waals surface area (Å²) in [5.41, 5.74) is 7.86. The molecule has 33 heavy (non-hydrogen) atoms. The molecule has 0 fully saturated rings. The fourth-order valence-corrected chi connectivity index (χ4v) is 4.24. The van der Waals surface area contributed by atoms with E-state index < -0.39 is 0 Å². The smallest absolute Gasteiger partial charge is 0.229 e. The Bertz CT molecular complexity index is 1280. The highest BCUT2D eigenvalue weighted by Gasteiger charge is 2.15. The van der Waals surface area contributed by atoms with Gasteiger partial charge in [0.25, 0.3) is 0 Å². The van der Waals surface area contributed by atoms with Crippen molar-refractivity contribution in [2.45, 2.75) is 32.7 Å². The van der Waals surface area contributed by atoms with Crippen molar-refractivity contribution in [2.75, 3.05) is 17.2 Å². The van der Waals surface area contributed by atoms with E-state index in [-0.39, 0.29) is 0 Å². The van der Waals surface area contributed by atoms with Crippen LogP contribution in [0.4, 0.5) is 23.1 Å². The van der Waals surface area contributed by atoms with Gasteiger partial charge in [0.2, 0.25) is 5.95 Å². The fraction of sp³-hybridized carbons (Fsp3) is 0.269. The molecule has 1 aliphatic heterocycles. The third kappa shape index (κ3) is 4.59. The summed E-state index contributed by atoms with van der Waals surface area (Å²) in [7, 11) is 1.91. The Balaban J connectivity index is 1.51. The highest BCUT2D eigenvalue weighted by molar-refractivity contribution is 5.78. The van der Waals surface area contributed by atoms with Gasteiger partial charge in [-0.15, -0.1) is 0 Å². The van der Waals surface area contributed by atoms with Gasteiger partial charge < -0.3 is 16.0 Å². The fourth-order valence-electron chi connectivity index (χ4n) is 4.24. The van der Waals surface area contributed by atoms with Crippen molar-refractivity contribution in [1.29, 1.82) is 0 Å². The Morgan fingerprint density at radius 2 is 1.91 bits per heavy atom.